The van der Waals surface area contributed by atoms with Gasteiger partial charge in [-0.1, -0.05) is 6.07 Å². The second-order valence-corrected chi connectivity index (χ2v) is 10.7. The Morgan fingerprint density at radius 3 is 2.28 bits per heavy atom. The van der Waals surface area contributed by atoms with E-state index in [1.54, 1.807) is 0 Å². The number of alkyl halides is 3. The van der Waals surface area contributed by atoms with Crippen molar-refractivity contribution in [2.75, 3.05) is 12.3 Å². The summed E-state index contributed by atoms with van der Waals surface area (Å²) in [5.41, 5.74) is -1.26. The van der Waals surface area contributed by atoms with Gasteiger partial charge in [0.2, 0.25) is 5.91 Å². The monoisotopic (exact) mass is 434 g/mol. The van der Waals surface area contributed by atoms with Crippen LogP contribution >= 0.6 is 0 Å². The SMILES string of the molecule is CC(C)(C)NC(=O)CN[C@H]1CC[C@@H](CS(=O)(=O)c2cccc(C(F)(F)F)c2)CC1. The molecular weight excluding hydrogens is 405 g/mol. The molecule has 0 atom stereocenters. The average Bonchev–Trinajstić information content (AvgIpc) is 2.59. The zero-order valence-electron chi connectivity index (χ0n) is 17.0. The molecule has 1 saturated carbocycles. The third-order valence-electron chi connectivity index (χ3n) is 4.89. The highest BCUT2D eigenvalue weighted by Gasteiger charge is 2.32. The summed E-state index contributed by atoms with van der Waals surface area (Å²) in [6, 6.07) is 4.04. The summed E-state index contributed by atoms with van der Waals surface area (Å²) in [6.07, 6.45) is -1.82. The maximum absolute atomic E-state index is 12.8. The molecule has 1 aliphatic rings. The maximum Gasteiger partial charge on any atom is 0.416 e. The summed E-state index contributed by atoms with van der Waals surface area (Å²) in [5.74, 6) is -0.353. The molecule has 0 spiro atoms. The largest absolute Gasteiger partial charge is 0.416 e. The number of amides is 1. The van der Waals surface area contributed by atoms with Gasteiger partial charge in [0.25, 0.3) is 0 Å². The third kappa shape index (κ3) is 7.62. The first-order valence-corrected chi connectivity index (χ1v) is 11.4. The fourth-order valence-corrected chi connectivity index (χ4v) is 5.24. The highest BCUT2D eigenvalue weighted by atomic mass is 32.2. The van der Waals surface area contributed by atoms with Gasteiger partial charge in [0.1, 0.15) is 0 Å². The lowest BCUT2D eigenvalue weighted by Gasteiger charge is -2.29. The van der Waals surface area contributed by atoms with Gasteiger partial charge >= 0.3 is 6.18 Å². The van der Waals surface area contributed by atoms with Gasteiger partial charge in [0, 0.05) is 11.6 Å². The van der Waals surface area contributed by atoms with Crippen LogP contribution in [0.3, 0.4) is 0 Å². The zero-order chi connectivity index (χ0) is 21.9. The molecule has 164 valence electrons. The molecule has 0 aliphatic heterocycles. The van der Waals surface area contributed by atoms with Crippen LogP contribution in [0.5, 0.6) is 0 Å². The fraction of sp³-hybridized carbons (Fsp3) is 0.650. The van der Waals surface area contributed by atoms with Crippen molar-refractivity contribution >= 4 is 15.7 Å². The summed E-state index contributed by atoms with van der Waals surface area (Å²) in [7, 11) is -3.79. The lowest BCUT2D eigenvalue weighted by Crippen LogP contribution is -2.47. The first kappa shape index (κ1) is 23.7. The summed E-state index contributed by atoms with van der Waals surface area (Å²) in [6.45, 7) is 5.91. The molecule has 5 nitrogen and oxygen atoms in total. The summed E-state index contributed by atoms with van der Waals surface area (Å²) in [4.78, 5) is 11.6. The predicted octanol–water partition coefficient (Wildman–Crippen LogP) is 3.54. The standard InChI is InChI=1S/C20H29F3N2O3S/c1-19(2,3)25-18(26)12-24-16-9-7-14(8-10-16)13-29(27,28)17-6-4-5-15(11-17)20(21,22)23/h4-6,11,14,16,24H,7-10,12-13H2,1-3H3,(H,25,26)/t14-,16+. The van der Waals surface area contributed by atoms with Crippen molar-refractivity contribution in [2.24, 2.45) is 5.92 Å². The molecule has 29 heavy (non-hydrogen) atoms. The van der Waals surface area contributed by atoms with Gasteiger partial charge in [-0.15, -0.1) is 0 Å². The molecule has 9 heteroatoms. The normalized spacial score (nSPS) is 21.0. The van der Waals surface area contributed by atoms with E-state index in [-0.39, 0.29) is 40.6 Å². The topological polar surface area (TPSA) is 75.3 Å². The first-order chi connectivity index (χ1) is 13.3. The van der Waals surface area contributed by atoms with Gasteiger partial charge in [-0.3, -0.25) is 4.79 Å². The van der Waals surface area contributed by atoms with Crippen LogP contribution in [-0.2, 0) is 20.8 Å². The number of benzene rings is 1. The lowest BCUT2D eigenvalue weighted by atomic mass is 9.87. The van der Waals surface area contributed by atoms with Crippen LogP contribution in [0.15, 0.2) is 29.2 Å². The van der Waals surface area contributed by atoms with Crippen LogP contribution in [0.2, 0.25) is 0 Å². The summed E-state index contributed by atoms with van der Waals surface area (Å²) < 4.78 is 63.7. The molecule has 2 N–H and O–H groups in total. The van der Waals surface area contributed by atoms with Crippen LogP contribution < -0.4 is 10.6 Å². The summed E-state index contributed by atoms with van der Waals surface area (Å²) in [5, 5.41) is 6.07. The van der Waals surface area contributed by atoms with E-state index in [0.29, 0.717) is 18.9 Å². The molecule has 2 rings (SSSR count). The van der Waals surface area contributed by atoms with E-state index in [1.807, 2.05) is 20.8 Å². The smallest absolute Gasteiger partial charge is 0.350 e. The molecule has 0 unspecified atom stereocenters. The number of nitrogens with one attached hydrogen (secondary N) is 2. The molecule has 0 radical (unpaired) electrons. The Morgan fingerprint density at radius 2 is 1.72 bits per heavy atom. The number of hydrogen-bond donors (Lipinski definition) is 2. The van der Waals surface area contributed by atoms with E-state index in [1.165, 1.54) is 6.07 Å². The minimum absolute atomic E-state index is 0.0910. The number of carbonyl (C=O) groups is 1. The Kier molecular flexibility index (Phi) is 7.37. The van der Waals surface area contributed by atoms with E-state index in [0.717, 1.165) is 25.0 Å². The Hall–Kier alpha value is -1.61. The molecule has 1 aromatic carbocycles. The molecule has 1 aliphatic carbocycles. The third-order valence-corrected chi connectivity index (χ3v) is 6.77. The Morgan fingerprint density at radius 1 is 1.10 bits per heavy atom. The van der Waals surface area contributed by atoms with Gasteiger partial charge in [-0.2, -0.15) is 13.2 Å². The number of sulfone groups is 1. The van der Waals surface area contributed by atoms with E-state index in [4.69, 9.17) is 0 Å². The van der Waals surface area contributed by atoms with Gasteiger partial charge in [0.05, 0.1) is 22.8 Å². The molecule has 0 saturated heterocycles. The quantitative estimate of drug-likeness (QED) is 0.718. The van der Waals surface area contributed by atoms with Gasteiger partial charge in [0.15, 0.2) is 9.84 Å². The number of halogens is 3. The highest BCUT2D eigenvalue weighted by molar-refractivity contribution is 7.91. The molecule has 0 bridgehead atoms. The van der Waals surface area contributed by atoms with Crippen molar-refractivity contribution in [3.63, 3.8) is 0 Å². The van der Waals surface area contributed by atoms with E-state index >= 15 is 0 Å². The van der Waals surface area contributed by atoms with Gasteiger partial charge in [-0.25, -0.2) is 8.42 Å². The first-order valence-electron chi connectivity index (χ1n) is 9.71. The van der Waals surface area contributed by atoms with Crippen LogP contribution in [-0.4, -0.2) is 38.2 Å². The zero-order valence-corrected chi connectivity index (χ0v) is 17.8. The van der Waals surface area contributed by atoms with Gasteiger partial charge < -0.3 is 10.6 Å². The second-order valence-electron chi connectivity index (χ2n) is 8.70. The van der Waals surface area contributed by atoms with Crippen molar-refractivity contribution < 1.29 is 26.4 Å². The number of carbonyl (C=O) groups excluding carboxylic acids is 1. The van der Waals surface area contributed by atoms with Crippen molar-refractivity contribution in [3.05, 3.63) is 29.8 Å². The van der Waals surface area contributed by atoms with Crippen LogP contribution in [0.4, 0.5) is 13.2 Å². The van der Waals surface area contributed by atoms with Crippen molar-refractivity contribution in [1.82, 2.24) is 10.6 Å². The molecule has 1 amide bonds. The minimum atomic E-state index is -4.57. The van der Waals surface area contributed by atoms with Gasteiger partial charge in [-0.05, 0) is 70.6 Å². The van der Waals surface area contributed by atoms with Crippen LogP contribution in [0.1, 0.15) is 52.0 Å². The minimum Gasteiger partial charge on any atom is -0.350 e. The van der Waals surface area contributed by atoms with E-state index < -0.39 is 21.6 Å². The van der Waals surface area contributed by atoms with Crippen LogP contribution in [0, 0.1) is 5.92 Å². The van der Waals surface area contributed by atoms with Crippen LogP contribution in [0.25, 0.3) is 0 Å². The number of hydrogen-bond acceptors (Lipinski definition) is 4. The molecule has 0 heterocycles. The Labute approximate surface area is 170 Å². The van der Waals surface area contributed by atoms with Crippen molar-refractivity contribution in [3.8, 4) is 0 Å². The van der Waals surface area contributed by atoms with Crippen molar-refractivity contribution in [1.29, 1.82) is 0 Å². The predicted molar refractivity (Wildman–Crippen MR) is 105 cm³/mol. The maximum atomic E-state index is 12.8. The molecular formula is C20H29F3N2O3S. The molecule has 1 fully saturated rings. The van der Waals surface area contributed by atoms with E-state index in [2.05, 4.69) is 10.6 Å². The fourth-order valence-electron chi connectivity index (χ4n) is 3.51. The van der Waals surface area contributed by atoms with E-state index in [9.17, 15) is 26.4 Å². The highest BCUT2D eigenvalue weighted by Crippen LogP contribution is 2.32. The average molecular weight is 435 g/mol. The Balaban J connectivity index is 1.86. The molecule has 1 aromatic rings. The molecule has 0 aromatic heterocycles. The lowest BCUT2D eigenvalue weighted by molar-refractivity contribution is -0.137. The number of rotatable bonds is 6. The Bertz CT molecular complexity index is 809. The van der Waals surface area contributed by atoms with Crippen molar-refractivity contribution in [2.45, 2.75) is 69.1 Å². The summed E-state index contributed by atoms with van der Waals surface area (Å²) >= 11 is 0. The second kappa shape index (κ2) is 9.04.